The van der Waals surface area contributed by atoms with Gasteiger partial charge in [0.15, 0.2) is 0 Å². The van der Waals surface area contributed by atoms with E-state index in [1.54, 1.807) is 7.11 Å². The van der Waals surface area contributed by atoms with Gasteiger partial charge in [0.1, 0.15) is 11.9 Å². The molecule has 3 heteroatoms. The summed E-state index contributed by atoms with van der Waals surface area (Å²) in [5.41, 5.74) is 2.91. The van der Waals surface area contributed by atoms with Gasteiger partial charge in [-0.05, 0) is 23.8 Å². The maximum absolute atomic E-state index is 10.6. The van der Waals surface area contributed by atoms with Crippen LogP contribution in [-0.2, 0) is 7.05 Å². The van der Waals surface area contributed by atoms with Crippen LogP contribution in [-0.4, -0.2) is 16.8 Å². The number of aromatic nitrogens is 1. The fourth-order valence-corrected chi connectivity index (χ4v) is 2.56. The first kappa shape index (κ1) is 12.8. The second kappa shape index (κ2) is 5.02. The predicted octanol–water partition coefficient (Wildman–Crippen LogP) is 3.27. The lowest BCUT2D eigenvalue weighted by atomic mass is 10.0. The second-order valence-electron chi connectivity index (χ2n) is 4.89. The number of fused-ring (bicyclic) bond motifs is 1. The number of aliphatic hydroxyl groups is 1. The predicted molar refractivity (Wildman–Crippen MR) is 80.0 cm³/mol. The molecule has 0 bridgehead atoms. The summed E-state index contributed by atoms with van der Waals surface area (Å²) in [4.78, 5) is 0. The van der Waals surface area contributed by atoms with Gasteiger partial charge >= 0.3 is 0 Å². The van der Waals surface area contributed by atoms with E-state index in [-0.39, 0.29) is 0 Å². The van der Waals surface area contributed by atoms with E-state index in [0.29, 0.717) is 0 Å². The third-order valence-corrected chi connectivity index (χ3v) is 3.65. The van der Waals surface area contributed by atoms with Crippen LogP contribution in [0.25, 0.3) is 10.9 Å². The van der Waals surface area contributed by atoms with Gasteiger partial charge in [-0.1, -0.05) is 30.3 Å². The first-order valence-corrected chi connectivity index (χ1v) is 6.56. The number of para-hydroxylation sites is 1. The number of aryl methyl sites for hydroxylation is 1. The highest BCUT2D eigenvalue weighted by molar-refractivity contribution is 5.84. The molecule has 3 nitrogen and oxygen atoms in total. The molecule has 0 aliphatic rings. The highest BCUT2D eigenvalue weighted by Crippen LogP contribution is 2.30. The topological polar surface area (TPSA) is 34.4 Å². The molecular formula is C17H17NO2. The Balaban J connectivity index is 2.05. The van der Waals surface area contributed by atoms with Crippen LogP contribution in [0.1, 0.15) is 17.2 Å². The number of benzene rings is 2. The first-order chi connectivity index (χ1) is 9.70. The van der Waals surface area contributed by atoms with Crippen molar-refractivity contribution in [2.24, 2.45) is 7.05 Å². The molecule has 0 radical (unpaired) electrons. The highest BCUT2D eigenvalue weighted by Gasteiger charge is 2.16. The van der Waals surface area contributed by atoms with Gasteiger partial charge in [0.05, 0.1) is 7.11 Å². The van der Waals surface area contributed by atoms with Crippen molar-refractivity contribution in [1.29, 1.82) is 0 Å². The average Bonchev–Trinajstić information content (AvgIpc) is 2.84. The highest BCUT2D eigenvalue weighted by atomic mass is 16.5. The normalized spacial score (nSPS) is 12.6. The minimum absolute atomic E-state index is 0.632. The summed E-state index contributed by atoms with van der Waals surface area (Å²) in [6, 6.07) is 15.6. The fraction of sp³-hybridized carbons (Fsp3) is 0.176. The van der Waals surface area contributed by atoms with Crippen LogP contribution in [0.5, 0.6) is 5.75 Å². The number of nitrogens with zero attached hydrogens (tertiary/aromatic N) is 1. The van der Waals surface area contributed by atoms with Crippen molar-refractivity contribution >= 4 is 10.9 Å². The molecule has 102 valence electrons. The molecule has 0 spiro atoms. The minimum Gasteiger partial charge on any atom is -0.497 e. The van der Waals surface area contributed by atoms with E-state index in [1.807, 2.05) is 60.3 Å². The van der Waals surface area contributed by atoms with E-state index in [0.717, 1.165) is 27.8 Å². The van der Waals surface area contributed by atoms with E-state index in [9.17, 15) is 5.11 Å². The standard InChI is InChI=1S/C17H17NO2/c1-18-11-15(14-5-3-4-6-16(14)18)17(19)12-7-9-13(20-2)10-8-12/h3-11,17,19H,1-2H3. The van der Waals surface area contributed by atoms with Gasteiger partial charge < -0.3 is 14.4 Å². The van der Waals surface area contributed by atoms with Crippen molar-refractivity contribution in [3.8, 4) is 5.75 Å². The van der Waals surface area contributed by atoms with Crippen molar-refractivity contribution in [3.63, 3.8) is 0 Å². The maximum Gasteiger partial charge on any atom is 0.118 e. The average molecular weight is 267 g/mol. The molecule has 0 saturated heterocycles. The Bertz CT molecular complexity index is 728. The van der Waals surface area contributed by atoms with Crippen molar-refractivity contribution < 1.29 is 9.84 Å². The zero-order valence-electron chi connectivity index (χ0n) is 11.6. The lowest BCUT2D eigenvalue weighted by Gasteiger charge is -2.11. The smallest absolute Gasteiger partial charge is 0.118 e. The Hall–Kier alpha value is -2.26. The largest absolute Gasteiger partial charge is 0.497 e. The summed E-state index contributed by atoms with van der Waals surface area (Å²) < 4.78 is 7.18. The summed E-state index contributed by atoms with van der Waals surface area (Å²) in [6.45, 7) is 0. The van der Waals surface area contributed by atoms with E-state index in [4.69, 9.17) is 4.74 Å². The number of rotatable bonds is 3. The lowest BCUT2D eigenvalue weighted by molar-refractivity contribution is 0.221. The minimum atomic E-state index is -0.632. The number of hydrogen-bond acceptors (Lipinski definition) is 2. The summed E-state index contributed by atoms with van der Waals surface area (Å²) >= 11 is 0. The van der Waals surface area contributed by atoms with Crippen molar-refractivity contribution in [2.75, 3.05) is 7.11 Å². The first-order valence-electron chi connectivity index (χ1n) is 6.56. The fourth-order valence-electron chi connectivity index (χ4n) is 2.56. The molecule has 0 saturated carbocycles. The molecule has 0 amide bonds. The van der Waals surface area contributed by atoms with Crippen LogP contribution < -0.4 is 4.74 Å². The number of methoxy groups -OCH3 is 1. The van der Waals surface area contributed by atoms with Crippen molar-refractivity contribution in [3.05, 3.63) is 65.9 Å². The van der Waals surface area contributed by atoms with E-state index >= 15 is 0 Å². The molecule has 3 aromatic rings. The Morgan fingerprint density at radius 2 is 1.75 bits per heavy atom. The molecule has 1 unspecified atom stereocenters. The number of ether oxygens (including phenoxy) is 1. The van der Waals surface area contributed by atoms with Crippen LogP contribution in [0.2, 0.25) is 0 Å². The quantitative estimate of drug-likeness (QED) is 0.790. The van der Waals surface area contributed by atoms with Gasteiger partial charge in [0.2, 0.25) is 0 Å². The van der Waals surface area contributed by atoms with Crippen LogP contribution >= 0.6 is 0 Å². The van der Waals surface area contributed by atoms with Crippen LogP contribution in [0.4, 0.5) is 0 Å². The molecule has 20 heavy (non-hydrogen) atoms. The van der Waals surface area contributed by atoms with Crippen LogP contribution in [0.15, 0.2) is 54.7 Å². The molecule has 1 atom stereocenters. The maximum atomic E-state index is 10.6. The zero-order valence-corrected chi connectivity index (χ0v) is 11.6. The van der Waals surface area contributed by atoms with Gasteiger partial charge in [-0.15, -0.1) is 0 Å². The number of hydrogen-bond donors (Lipinski definition) is 1. The third-order valence-electron chi connectivity index (χ3n) is 3.65. The molecule has 0 fully saturated rings. The van der Waals surface area contributed by atoms with Gasteiger partial charge in [-0.25, -0.2) is 0 Å². The SMILES string of the molecule is COc1ccc(C(O)c2cn(C)c3ccccc23)cc1. The monoisotopic (exact) mass is 267 g/mol. The van der Waals surface area contributed by atoms with Crippen molar-refractivity contribution in [2.45, 2.75) is 6.10 Å². The molecule has 0 aliphatic heterocycles. The van der Waals surface area contributed by atoms with Gasteiger partial charge in [-0.3, -0.25) is 0 Å². The molecule has 1 aromatic heterocycles. The zero-order chi connectivity index (χ0) is 14.1. The summed E-state index contributed by atoms with van der Waals surface area (Å²) in [5, 5.41) is 11.7. The van der Waals surface area contributed by atoms with E-state index in [1.165, 1.54) is 0 Å². The van der Waals surface area contributed by atoms with Gasteiger partial charge in [-0.2, -0.15) is 0 Å². The molecular weight excluding hydrogens is 250 g/mol. The Morgan fingerprint density at radius 3 is 2.45 bits per heavy atom. The summed E-state index contributed by atoms with van der Waals surface area (Å²) in [7, 11) is 3.63. The van der Waals surface area contributed by atoms with Crippen molar-refractivity contribution in [1.82, 2.24) is 4.57 Å². The van der Waals surface area contributed by atoms with Crippen LogP contribution in [0, 0.1) is 0 Å². The third kappa shape index (κ3) is 2.06. The lowest BCUT2D eigenvalue weighted by Crippen LogP contribution is -1.98. The molecule has 1 N–H and O–H groups in total. The molecule has 2 aromatic carbocycles. The van der Waals surface area contributed by atoms with Crippen LogP contribution in [0.3, 0.4) is 0 Å². The summed E-state index contributed by atoms with van der Waals surface area (Å²) in [6.07, 6.45) is 1.35. The molecule has 1 heterocycles. The van der Waals surface area contributed by atoms with E-state index in [2.05, 4.69) is 6.07 Å². The Labute approximate surface area is 118 Å². The van der Waals surface area contributed by atoms with E-state index < -0.39 is 6.10 Å². The summed E-state index contributed by atoms with van der Waals surface area (Å²) in [5.74, 6) is 0.791. The second-order valence-corrected chi connectivity index (χ2v) is 4.89. The molecule has 3 rings (SSSR count). The number of aliphatic hydroxyl groups excluding tert-OH is 1. The Morgan fingerprint density at radius 1 is 1.05 bits per heavy atom. The Kier molecular flexibility index (Phi) is 3.20. The molecule has 0 aliphatic carbocycles. The van der Waals surface area contributed by atoms with Gasteiger partial charge in [0, 0.05) is 29.7 Å². The van der Waals surface area contributed by atoms with Gasteiger partial charge in [0.25, 0.3) is 0 Å².